The highest BCUT2D eigenvalue weighted by Crippen LogP contribution is 2.28. The third-order valence-electron chi connectivity index (χ3n) is 3.51. The number of hydrogen-bond acceptors (Lipinski definition) is 4. The first-order chi connectivity index (χ1) is 9.33. The zero-order valence-electron chi connectivity index (χ0n) is 11.9. The van der Waals surface area contributed by atoms with Gasteiger partial charge in [0.05, 0.1) is 7.11 Å². The van der Waals surface area contributed by atoms with Crippen LogP contribution >= 0.6 is 0 Å². The molecule has 1 fully saturated rings. The van der Waals surface area contributed by atoms with E-state index in [1.54, 1.807) is 7.11 Å². The molecule has 1 saturated heterocycles. The molecule has 2 rings (SSSR count). The highest BCUT2D eigenvalue weighted by atomic mass is 16.5. The van der Waals surface area contributed by atoms with Crippen molar-refractivity contribution in [3.8, 4) is 11.5 Å². The van der Waals surface area contributed by atoms with E-state index in [-0.39, 0.29) is 0 Å². The topological polar surface area (TPSA) is 33.7 Å². The molecule has 0 unspecified atom stereocenters. The van der Waals surface area contributed by atoms with Crippen molar-refractivity contribution in [2.24, 2.45) is 0 Å². The summed E-state index contributed by atoms with van der Waals surface area (Å²) < 4.78 is 11.2. The molecule has 0 aromatic heterocycles. The molecular weight excluding hydrogens is 240 g/mol. The van der Waals surface area contributed by atoms with E-state index in [1.165, 1.54) is 5.56 Å². The molecule has 0 saturated carbocycles. The van der Waals surface area contributed by atoms with Crippen molar-refractivity contribution in [3.63, 3.8) is 0 Å². The van der Waals surface area contributed by atoms with Gasteiger partial charge in [0.1, 0.15) is 6.61 Å². The van der Waals surface area contributed by atoms with Crippen LogP contribution in [0.25, 0.3) is 0 Å². The molecule has 19 heavy (non-hydrogen) atoms. The van der Waals surface area contributed by atoms with E-state index in [0.29, 0.717) is 6.61 Å². The van der Waals surface area contributed by atoms with Crippen LogP contribution in [0.1, 0.15) is 12.5 Å². The summed E-state index contributed by atoms with van der Waals surface area (Å²) in [5, 5.41) is 3.35. The monoisotopic (exact) mass is 264 g/mol. The van der Waals surface area contributed by atoms with Crippen LogP contribution in [0.2, 0.25) is 0 Å². The third-order valence-corrected chi connectivity index (χ3v) is 3.51. The first kappa shape index (κ1) is 14.2. The summed E-state index contributed by atoms with van der Waals surface area (Å²) in [5.41, 5.74) is 1.27. The van der Waals surface area contributed by atoms with E-state index in [9.17, 15) is 0 Å². The molecule has 1 aliphatic rings. The summed E-state index contributed by atoms with van der Waals surface area (Å²) >= 11 is 0. The lowest BCUT2D eigenvalue weighted by atomic mass is 10.1. The summed E-state index contributed by atoms with van der Waals surface area (Å²) in [4.78, 5) is 2.42. The highest BCUT2D eigenvalue weighted by molar-refractivity contribution is 5.42. The fourth-order valence-electron chi connectivity index (χ4n) is 2.27. The smallest absolute Gasteiger partial charge is 0.161 e. The summed E-state index contributed by atoms with van der Waals surface area (Å²) in [6.45, 7) is 8.19. The van der Waals surface area contributed by atoms with Crippen LogP contribution in [0.15, 0.2) is 18.2 Å². The van der Waals surface area contributed by atoms with E-state index in [2.05, 4.69) is 29.3 Å². The molecule has 0 radical (unpaired) electrons. The fraction of sp³-hybridized carbons (Fsp3) is 0.600. The van der Waals surface area contributed by atoms with Gasteiger partial charge in [-0.25, -0.2) is 0 Å². The Morgan fingerprint density at radius 2 is 2.00 bits per heavy atom. The van der Waals surface area contributed by atoms with Crippen LogP contribution in [0.3, 0.4) is 0 Å². The van der Waals surface area contributed by atoms with E-state index in [1.807, 2.05) is 6.07 Å². The van der Waals surface area contributed by atoms with Crippen molar-refractivity contribution < 1.29 is 9.47 Å². The van der Waals surface area contributed by atoms with Crippen molar-refractivity contribution in [1.29, 1.82) is 0 Å². The summed E-state index contributed by atoms with van der Waals surface area (Å²) in [5.74, 6) is 1.68. The average molecular weight is 264 g/mol. The fourth-order valence-corrected chi connectivity index (χ4v) is 2.27. The summed E-state index contributed by atoms with van der Waals surface area (Å²) in [6, 6.07) is 6.16. The number of hydrogen-bond donors (Lipinski definition) is 1. The number of ether oxygens (including phenoxy) is 2. The van der Waals surface area contributed by atoms with E-state index in [4.69, 9.17) is 9.47 Å². The van der Waals surface area contributed by atoms with Crippen molar-refractivity contribution in [2.45, 2.75) is 13.3 Å². The molecular formula is C15H24N2O2. The Morgan fingerprint density at radius 3 is 2.68 bits per heavy atom. The van der Waals surface area contributed by atoms with Gasteiger partial charge in [-0.1, -0.05) is 13.0 Å². The second kappa shape index (κ2) is 7.36. The van der Waals surface area contributed by atoms with Gasteiger partial charge in [-0.15, -0.1) is 0 Å². The van der Waals surface area contributed by atoms with Crippen molar-refractivity contribution >= 4 is 0 Å². The molecule has 1 aromatic carbocycles. The van der Waals surface area contributed by atoms with Crippen molar-refractivity contribution in [3.05, 3.63) is 23.8 Å². The van der Waals surface area contributed by atoms with Gasteiger partial charge in [0.25, 0.3) is 0 Å². The molecule has 0 aliphatic carbocycles. The second-order valence-corrected chi connectivity index (χ2v) is 4.78. The van der Waals surface area contributed by atoms with E-state index >= 15 is 0 Å². The molecule has 0 atom stereocenters. The Bertz CT molecular complexity index is 390. The molecule has 4 heteroatoms. The molecule has 1 heterocycles. The largest absolute Gasteiger partial charge is 0.493 e. The second-order valence-electron chi connectivity index (χ2n) is 4.78. The van der Waals surface area contributed by atoms with Gasteiger partial charge in [-0.3, -0.25) is 4.90 Å². The lowest BCUT2D eigenvalue weighted by Gasteiger charge is -2.27. The van der Waals surface area contributed by atoms with Gasteiger partial charge in [-0.2, -0.15) is 0 Å². The maximum absolute atomic E-state index is 5.84. The quantitative estimate of drug-likeness (QED) is 0.845. The molecule has 0 bridgehead atoms. The molecule has 1 N–H and O–H groups in total. The Morgan fingerprint density at radius 1 is 1.21 bits per heavy atom. The number of nitrogens with one attached hydrogen (secondary N) is 1. The van der Waals surface area contributed by atoms with Gasteiger partial charge in [0.2, 0.25) is 0 Å². The van der Waals surface area contributed by atoms with Crippen LogP contribution in [-0.4, -0.2) is 51.3 Å². The maximum atomic E-state index is 5.84. The number of nitrogens with zero attached hydrogens (tertiary/aromatic N) is 1. The van der Waals surface area contributed by atoms with Crippen LogP contribution in [0.4, 0.5) is 0 Å². The molecule has 0 spiro atoms. The third kappa shape index (κ3) is 4.11. The minimum atomic E-state index is 0.710. The van der Waals surface area contributed by atoms with Crippen LogP contribution < -0.4 is 14.8 Å². The minimum absolute atomic E-state index is 0.710. The van der Waals surface area contributed by atoms with Crippen molar-refractivity contribution in [1.82, 2.24) is 10.2 Å². The number of methoxy groups -OCH3 is 1. The van der Waals surface area contributed by atoms with Gasteiger partial charge in [0.15, 0.2) is 11.5 Å². The zero-order chi connectivity index (χ0) is 13.5. The van der Waals surface area contributed by atoms with Crippen LogP contribution in [0.5, 0.6) is 11.5 Å². The number of piperazine rings is 1. The Kier molecular flexibility index (Phi) is 5.48. The first-order valence-corrected chi connectivity index (χ1v) is 7.06. The lowest BCUT2D eigenvalue weighted by Crippen LogP contribution is -2.44. The molecule has 1 aliphatic heterocycles. The first-order valence-electron chi connectivity index (χ1n) is 7.06. The highest BCUT2D eigenvalue weighted by Gasteiger charge is 2.10. The van der Waals surface area contributed by atoms with E-state index in [0.717, 1.165) is 50.6 Å². The SMILES string of the molecule is CCc1ccc(OCCN2CCNCC2)c(OC)c1. The maximum Gasteiger partial charge on any atom is 0.161 e. The zero-order valence-corrected chi connectivity index (χ0v) is 11.9. The Hall–Kier alpha value is -1.26. The van der Waals surface area contributed by atoms with Gasteiger partial charge in [-0.05, 0) is 24.1 Å². The number of aryl methyl sites for hydroxylation is 1. The average Bonchev–Trinajstić information content (AvgIpc) is 2.48. The predicted molar refractivity (Wildman–Crippen MR) is 77.2 cm³/mol. The minimum Gasteiger partial charge on any atom is -0.493 e. The summed E-state index contributed by atoms with van der Waals surface area (Å²) in [7, 11) is 1.69. The Balaban J connectivity index is 1.84. The summed E-state index contributed by atoms with van der Waals surface area (Å²) in [6.07, 6.45) is 1.01. The molecule has 106 valence electrons. The Labute approximate surface area is 115 Å². The van der Waals surface area contributed by atoms with Gasteiger partial charge >= 0.3 is 0 Å². The van der Waals surface area contributed by atoms with Gasteiger partial charge in [0, 0.05) is 32.7 Å². The number of rotatable bonds is 6. The van der Waals surface area contributed by atoms with Crippen LogP contribution in [-0.2, 0) is 6.42 Å². The van der Waals surface area contributed by atoms with Crippen LogP contribution in [0, 0.1) is 0 Å². The standard InChI is InChI=1S/C15H24N2O2/c1-3-13-4-5-14(15(12-13)18-2)19-11-10-17-8-6-16-7-9-17/h4-5,12,16H,3,6-11H2,1-2H3. The van der Waals surface area contributed by atoms with Gasteiger partial charge < -0.3 is 14.8 Å². The van der Waals surface area contributed by atoms with E-state index < -0.39 is 0 Å². The lowest BCUT2D eigenvalue weighted by molar-refractivity contribution is 0.188. The molecule has 0 amide bonds. The molecule has 1 aromatic rings. The molecule has 4 nitrogen and oxygen atoms in total. The van der Waals surface area contributed by atoms with Crippen molar-refractivity contribution in [2.75, 3.05) is 46.4 Å². The predicted octanol–water partition coefficient (Wildman–Crippen LogP) is 1.54. The number of benzene rings is 1. The normalized spacial score (nSPS) is 16.3.